The fraction of sp³-hybridized carbons (Fsp3) is 0.600. The van der Waals surface area contributed by atoms with Gasteiger partial charge < -0.3 is 19.4 Å². The number of aliphatic hydroxyl groups excluding tert-OH is 1. The third-order valence-electron chi connectivity index (χ3n) is 6.06. The van der Waals surface area contributed by atoms with Gasteiger partial charge in [-0.25, -0.2) is 14.4 Å². The number of carbonyl (C=O) groups excluding carboxylic acids is 1. The van der Waals surface area contributed by atoms with E-state index in [1.165, 1.54) is 6.33 Å². The van der Waals surface area contributed by atoms with E-state index in [-0.39, 0.29) is 29.4 Å². The fourth-order valence-electron chi connectivity index (χ4n) is 4.55. The van der Waals surface area contributed by atoms with Gasteiger partial charge in [-0.05, 0) is 38.0 Å². The summed E-state index contributed by atoms with van der Waals surface area (Å²) in [6.07, 6.45) is 3.47. The van der Waals surface area contributed by atoms with Gasteiger partial charge in [0.2, 0.25) is 0 Å². The standard InChI is InChI=1S/C20H26FN5O3/c1-3-15-17(21)18(23-12-22-15)25-6-4-20(5-7-25)9-14(27)10-26(11-20)19(28)16-8-13(2)29-24-16/h8,12,14,27H,3-7,9-11H2,1-2H3. The quantitative estimate of drug-likeness (QED) is 0.837. The van der Waals surface area contributed by atoms with E-state index in [0.717, 1.165) is 12.8 Å². The Kier molecular flexibility index (Phi) is 5.24. The zero-order chi connectivity index (χ0) is 20.6. The summed E-state index contributed by atoms with van der Waals surface area (Å²) in [7, 11) is 0. The molecule has 2 saturated heterocycles. The molecule has 2 aromatic rings. The van der Waals surface area contributed by atoms with Gasteiger partial charge in [0.1, 0.15) is 12.1 Å². The lowest BCUT2D eigenvalue weighted by molar-refractivity contribution is -0.0154. The molecule has 1 atom stereocenters. The Bertz CT molecular complexity index is 894. The Balaban J connectivity index is 1.47. The summed E-state index contributed by atoms with van der Waals surface area (Å²) in [5.41, 5.74) is 0.488. The Morgan fingerprint density at radius 2 is 2.14 bits per heavy atom. The third kappa shape index (κ3) is 3.83. The van der Waals surface area contributed by atoms with Crippen LogP contribution in [0, 0.1) is 18.2 Å². The molecule has 8 nitrogen and oxygen atoms in total. The molecule has 1 amide bonds. The van der Waals surface area contributed by atoms with Crippen LogP contribution in [0.3, 0.4) is 0 Å². The minimum absolute atomic E-state index is 0.195. The number of hydrogen-bond acceptors (Lipinski definition) is 7. The van der Waals surface area contributed by atoms with Crippen molar-refractivity contribution in [2.75, 3.05) is 31.1 Å². The Morgan fingerprint density at radius 3 is 2.79 bits per heavy atom. The van der Waals surface area contributed by atoms with Crippen LogP contribution in [0.2, 0.25) is 0 Å². The number of nitrogens with zero attached hydrogens (tertiary/aromatic N) is 5. The van der Waals surface area contributed by atoms with Crippen LogP contribution in [0.25, 0.3) is 0 Å². The van der Waals surface area contributed by atoms with Crippen LogP contribution in [-0.4, -0.2) is 63.3 Å². The normalized spacial score (nSPS) is 21.6. The summed E-state index contributed by atoms with van der Waals surface area (Å²) >= 11 is 0. The van der Waals surface area contributed by atoms with E-state index in [4.69, 9.17) is 4.52 Å². The number of anilines is 1. The first-order valence-corrected chi connectivity index (χ1v) is 10.1. The lowest BCUT2D eigenvalue weighted by atomic mass is 9.71. The van der Waals surface area contributed by atoms with E-state index in [1.54, 1.807) is 17.9 Å². The van der Waals surface area contributed by atoms with Crippen molar-refractivity contribution in [2.45, 2.75) is 45.6 Å². The van der Waals surface area contributed by atoms with Crippen molar-refractivity contribution in [2.24, 2.45) is 5.41 Å². The molecule has 1 unspecified atom stereocenters. The van der Waals surface area contributed by atoms with E-state index < -0.39 is 6.10 Å². The molecular formula is C20H26FN5O3. The number of carbonyl (C=O) groups is 1. The van der Waals surface area contributed by atoms with Crippen LogP contribution >= 0.6 is 0 Å². The maximum absolute atomic E-state index is 14.6. The summed E-state index contributed by atoms with van der Waals surface area (Å²) in [4.78, 5) is 24.6. The second-order valence-corrected chi connectivity index (χ2v) is 8.16. The molecule has 4 rings (SSSR count). The van der Waals surface area contributed by atoms with Gasteiger partial charge in [-0.15, -0.1) is 0 Å². The lowest BCUT2D eigenvalue weighted by Crippen LogP contribution is -2.55. The molecule has 2 fully saturated rings. The summed E-state index contributed by atoms with van der Waals surface area (Å²) in [5, 5.41) is 14.3. The van der Waals surface area contributed by atoms with Crippen molar-refractivity contribution >= 4 is 11.7 Å². The van der Waals surface area contributed by atoms with E-state index >= 15 is 0 Å². The first kappa shape index (κ1) is 19.8. The molecule has 0 saturated carbocycles. The summed E-state index contributed by atoms with van der Waals surface area (Å²) in [5.74, 6) is 0.339. The highest BCUT2D eigenvalue weighted by molar-refractivity contribution is 5.92. The lowest BCUT2D eigenvalue weighted by Gasteiger charge is -2.49. The maximum Gasteiger partial charge on any atom is 0.276 e. The van der Waals surface area contributed by atoms with E-state index in [0.29, 0.717) is 49.7 Å². The Morgan fingerprint density at radius 1 is 1.38 bits per heavy atom. The molecule has 0 bridgehead atoms. The van der Waals surface area contributed by atoms with Crippen molar-refractivity contribution in [3.05, 3.63) is 35.4 Å². The van der Waals surface area contributed by atoms with Gasteiger partial charge in [0.25, 0.3) is 5.91 Å². The molecule has 9 heteroatoms. The van der Waals surface area contributed by atoms with Crippen LogP contribution in [0.5, 0.6) is 0 Å². The molecule has 0 aromatic carbocycles. The monoisotopic (exact) mass is 403 g/mol. The van der Waals surface area contributed by atoms with E-state index in [2.05, 4.69) is 15.1 Å². The van der Waals surface area contributed by atoms with Gasteiger partial charge in [0.05, 0.1) is 11.8 Å². The van der Waals surface area contributed by atoms with Gasteiger partial charge >= 0.3 is 0 Å². The number of β-amino-alcohol motifs (C(OH)–C–C–N with tert-alkyl or cyclic N) is 1. The van der Waals surface area contributed by atoms with Gasteiger partial charge in [0, 0.05) is 32.2 Å². The average molecular weight is 403 g/mol. The first-order valence-electron chi connectivity index (χ1n) is 10.1. The highest BCUT2D eigenvalue weighted by Gasteiger charge is 2.43. The predicted octanol–water partition coefficient (Wildman–Crippen LogP) is 1.97. The van der Waals surface area contributed by atoms with Gasteiger partial charge in [0.15, 0.2) is 17.3 Å². The minimum Gasteiger partial charge on any atom is -0.391 e. The third-order valence-corrected chi connectivity index (χ3v) is 6.06. The molecule has 1 N–H and O–H groups in total. The molecule has 2 aliphatic heterocycles. The van der Waals surface area contributed by atoms with Crippen LogP contribution < -0.4 is 4.90 Å². The van der Waals surface area contributed by atoms with Gasteiger partial charge in [-0.1, -0.05) is 12.1 Å². The molecule has 0 radical (unpaired) electrons. The summed E-state index contributed by atoms with van der Waals surface area (Å²) < 4.78 is 19.7. The second-order valence-electron chi connectivity index (χ2n) is 8.16. The number of piperidine rings is 2. The largest absolute Gasteiger partial charge is 0.391 e. The van der Waals surface area contributed by atoms with Crippen molar-refractivity contribution in [1.29, 1.82) is 0 Å². The zero-order valence-electron chi connectivity index (χ0n) is 16.8. The Hall–Kier alpha value is -2.55. The van der Waals surface area contributed by atoms with Gasteiger partial charge in [-0.3, -0.25) is 4.79 Å². The van der Waals surface area contributed by atoms with Crippen molar-refractivity contribution in [1.82, 2.24) is 20.0 Å². The van der Waals surface area contributed by atoms with E-state index in [9.17, 15) is 14.3 Å². The van der Waals surface area contributed by atoms with Crippen LogP contribution in [0.1, 0.15) is 48.1 Å². The number of aryl methyl sites for hydroxylation is 2. The second kappa shape index (κ2) is 7.70. The molecular weight excluding hydrogens is 377 g/mol. The van der Waals surface area contributed by atoms with E-state index in [1.807, 2.05) is 11.8 Å². The highest BCUT2D eigenvalue weighted by Crippen LogP contribution is 2.41. The fourth-order valence-corrected chi connectivity index (χ4v) is 4.55. The van der Waals surface area contributed by atoms with Crippen molar-refractivity contribution in [3.8, 4) is 0 Å². The SMILES string of the molecule is CCc1ncnc(N2CCC3(CC2)CC(O)CN(C(=O)c2cc(C)on2)C3)c1F. The number of aromatic nitrogens is 3. The zero-order valence-corrected chi connectivity index (χ0v) is 16.8. The molecule has 2 aliphatic rings. The van der Waals surface area contributed by atoms with Crippen LogP contribution in [-0.2, 0) is 6.42 Å². The topological polar surface area (TPSA) is 95.6 Å². The van der Waals surface area contributed by atoms with Gasteiger partial charge in [-0.2, -0.15) is 0 Å². The minimum atomic E-state index is -0.588. The molecule has 156 valence electrons. The highest BCUT2D eigenvalue weighted by atomic mass is 19.1. The van der Waals surface area contributed by atoms with Crippen LogP contribution in [0.4, 0.5) is 10.2 Å². The number of halogens is 1. The van der Waals surface area contributed by atoms with Crippen molar-refractivity contribution < 1.29 is 18.8 Å². The van der Waals surface area contributed by atoms with Crippen LogP contribution in [0.15, 0.2) is 16.9 Å². The molecule has 2 aromatic heterocycles. The number of aliphatic hydroxyl groups is 1. The number of likely N-dealkylation sites (tertiary alicyclic amines) is 1. The molecule has 29 heavy (non-hydrogen) atoms. The first-order chi connectivity index (χ1) is 13.9. The smallest absolute Gasteiger partial charge is 0.276 e. The molecule has 0 aliphatic carbocycles. The summed E-state index contributed by atoms with van der Waals surface area (Å²) in [6.45, 7) is 5.68. The maximum atomic E-state index is 14.6. The van der Waals surface area contributed by atoms with Crippen molar-refractivity contribution in [3.63, 3.8) is 0 Å². The molecule has 1 spiro atoms. The number of hydrogen-bond donors (Lipinski definition) is 1. The average Bonchev–Trinajstić information content (AvgIpc) is 3.14. The Labute approximate surface area is 168 Å². The summed E-state index contributed by atoms with van der Waals surface area (Å²) in [6, 6.07) is 1.61. The predicted molar refractivity (Wildman–Crippen MR) is 103 cm³/mol. The molecule has 4 heterocycles. The number of amides is 1. The number of rotatable bonds is 3.